The molecule has 2 heterocycles. The van der Waals surface area contributed by atoms with E-state index in [1.165, 1.54) is 38.3 Å². The molecular weight excluding hydrogens is 645 g/mol. The van der Waals surface area contributed by atoms with Crippen LogP contribution < -0.4 is 19.7 Å². The van der Waals surface area contributed by atoms with Crippen molar-refractivity contribution in [2.75, 3.05) is 31.5 Å². The molecule has 4 aliphatic rings. The first-order valence-corrected chi connectivity index (χ1v) is 15.9. The van der Waals surface area contributed by atoms with E-state index in [0.29, 0.717) is 11.3 Å². The normalized spacial score (nSPS) is 29.7. The Kier molecular flexibility index (Phi) is 7.29. The predicted octanol–water partition coefficient (Wildman–Crippen LogP) is 5.35. The van der Waals surface area contributed by atoms with Crippen LogP contribution in [0.1, 0.15) is 24.3 Å². The number of hydrogen-bond acceptors (Lipinski definition) is 8. The maximum absolute atomic E-state index is 14.3. The molecule has 3 fully saturated rings. The summed E-state index contributed by atoms with van der Waals surface area (Å²) in [5.41, 5.74) is 2.75. The summed E-state index contributed by atoms with van der Waals surface area (Å²) < 4.78 is 11.0. The number of anilines is 3. The first kappa shape index (κ1) is 31.1. The number of aromatic hydroxyl groups is 1. The third-order valence-corrected chi connectivity index (χ3v) is 11.5. The number of imide groups is 2. The van der Waals surface area contributed by atoms with E-state index < -0.39 is 51.1 Å². The average Bonchev–Trinajstić information content (AvgIpc) is 3.40. The summed E-state index contributed by atoms with van der Waals surface area (Å²) in [6, 6.07) is 19.5. The number of carbonyl (C=O) groups excluding carboxylic acids is 4. The third-order valence-electron chi connectivity index (χ3n) is 10.0. The number of allylic oxidation sites excluding steroid dienone is 2. The van der Waals surface area contributed by atoms with Crippen LogP contribution in [-0.4, -0.2) is 64.7 Å². The van der Waals surface area contributed by atoms with E-state index in [9.17, 15) is 24.3 Å². The molecule has 6 unspecified atom stereocenters. The van der Waals surface area contributed by atoms with Gasteiger partial charge in [-0.15, -0.1) is 23.2 Å². The highest BCUT2D eigenvalue weighted by Gasteiger charge is 2.76. The Morgan fingerprint density at radius 1 is 0.872 bits per heavy atom. The predicted molar refractivity (Wildman–Crippen MR) is 175 cm³/mol. The van der Waals surface area contributed by atoms with Gasteiger partial charge < -0.3 is 19.9 Å². The number of hydrogen-bond donors (Lipinski definition) is 2. The lowest BCUT2D eigenvalue weighted by atomic mass is 9.56. The maximum atomic E-state index is 14.3. The quantitative estimate of drug-likeness (QED) is 0.204. The Balaban J connectivity index is 1.31. The van der Waals surface area contributed by atoms with E-state index in [-0.39, 0.29) is 41.6 Å². The summed E-state index contributed by atoms with van der Waals surface area (Å²) in [6.45, 7) is 0. The van der Waals surface area contributed by atoms with Crippen LogP contribution in [0.5, 0.6) is 17.2 Å². The lowest BCUT2D eigenvalue weighted by molar-refractivity contribution is -0.138. The Bertz CT molecular complexity index is 1870. The van der Waals surface area contributed by atoms with E-state index in [4.69, 9.17) is 32.7 Å². The van der Waals surface area contributed by atoms with E-state index >= 15 is 0 Å². The number of rotatable bonds is 6. The number of halogens is 2. The fourth-order valence-corrected chi connectivity index (χ4v) is 8.86. The minimum absolute atomic E-state index is 0.134. The summed E-state index contributed by atoms with van der Waals surface area (Å²) in [7, 11) is 4.13. The zero-order chi connectivity index (χ0) is 33.4. The van der Waals surface area contributed by atoms with Gasteiger partial charge in [0, 0.05) is 42.0 Å². The maximum Gasteiger partial charge on any atom is 0.253 e. The number of amides is 4. The molecular formula is C35H31Cl2N3O7. The molecule has 3 aromatic rings. The van der Waals surface area contributed by atoms with Gasteiger partial charge in [-0.3, -0.25) is 29.0 Å². The molecule has 10 nitrogen and oxygen atoms in total. The first-order chi connectivity index (χ1) is 22.5. The summed E-state index contributed by atoms with van der Waals surface area (Å²) in [6.07, 6.45) is 1.82. The number of nitrogens with one attached hydrogen (secondary N) is 1. The number of nitrogens with zero attached hydrogens (tertiary/aromatic N) is 2. The van der Waals surface area contributed by atoms with Gasteiger partial charge in [0.15, 0.2) is 9.75 Å². The lowest BCUT2D eigenvalue weighted by Crippen LogP contribution is -2.60. The van der Waals surface area contributed by atoms with Crippen LogP contribution in [0.4, 0.5) is 17.1 Å². The number of phenolic OH excluding ortho intramolecular Hbond substituents is 1. The zero-order valence-electron chi connectivity index (χ0n) is 25.7. The molecule has 242 valence electrons. The Labute approximate surface area is 280 Å². The lowest BCUT2D eigenvalue weighted by Gasteiger charge is -2.51. The van der Waals surface area contributed by atoms with Crippen molar-refractivity contribution in [2.45, 2.75) is 28.5 Å². The van der Waals surface area contributed by atoms with Gasteiger partial charge in [0.1, 0.15) is 17.2 Å². The molecule has 6 atom stereocenters. The molecule has 2 saturated heterocycles. The monoisotopic (exact) mass is 675 g/mol. The highest BCUT2D eigenvalue weighted by atomic mass is 35.5. The number of fused-ring (bicyclic) bond motifs is 4. The number of carbonyl (C=O) groups is 4. The SMILES string of the molecule is COc1cc(O)c(C2C3=CCC4C(=O)N(c5ccc(Nc6ccccc6)cc5)C(=O)C4C3CC3(Cl)C(=O)N(C)C(=O)C23Cl)c(OC)c1. The van der Waals surface area contributed by atoms with Crippen LogP contribution in [0.3, 0.4) is 0 Å². The number of benzene rings is 3. The van der Waals surface area contributed by atoms with Gasteiger partial charge in [-0.25, -0.2) is 0 Å². The summed E-state index contributed by atoms with van der Waals surface area (Å²) >= 11 is 14.5. The minimum atomic E-state index is -2.07. The molecule has 0 spiro atoms. The number of para-hydroxylation sites is 1. The summed E-state index contributed by atoms with van der Waals surface area (Å²) in [5.74, 6) is -5.63. The van der Waals surface area contributed by atoms with Crippen LogP contribution in [0.2, 0.25) is 0 Å². The van der Waals surface area contributed by atoms with E-state index in [2.05, 4.69) is 5.32 Å². The van der Waals surface area contributed by atoms with Gasteiger partial charge in [0.2, 0.25) is 11.8 Å². The van der Waals surface area contributed by atoms with Crippen molar-refractivity contribution < 1.29 is 33.8 Å². The molecule has 2 aliphatic heterocycles. The van der Waals surface area contributed by atoms with Crippen LogP contribution in [0.15, 0.2) is 78.4 Å². The second kappa shape index (κ2) is 11.0. The minimum Gasteiger partial charge on any atom is -0.507 e. The van der Waals surface area contributed by atoms with E-state index in [1.807, 2.05) is 30.3 Å². The molecule has 47 heavy (non-hydrogen) atoms. The Morgan fingerprint density at radius 3 is 2.21 bits per heavy atom. The summed E-state index contributed by atoms with van der Waals surface area (Å²) in [4.78, 5) is 53.9. The van der Waals surface area contributed by atoms with Crippen molar-refractivity contribution in [3.8, 4) is 17.2 Å². The van der Waals surface area contributed by atoms with Gasteiger partial charge in [-0.05, 0) is 55.2 Å². The smallest absolute Gasteiger partial charge is 0.253 e. The standard InChI is InChI=1S/C35H31Cl2N3O7/c1-39-32(44)34(36)17-24-22(29(35(34,37)33(39)45)28-25(41)15-21(46-2)16-26(28)47-3)13-14-23-27(24)31(43)40(30(23)42)20-11-9-19(10-12-20)38-18-7-5-4-6-8-18/h4-13,15-16,23-24,27,29,38,41H,14,17H2,1-3H3. The average molecular weight is 677 g/mol. The second-order valence-corrected chi connectivity index (χ2v) is 13.6. The van der Waals surface area contributed by atoms with Crippen LogP contribution >= 0.6 is 23.2 Å². The highest BCUT2D eigenvalue weighted by Crippen LogP contribution is 2.67. The van der Waals surface area contributed by atoms with Gasteiger partial charge in [0.25, 0.3) is 11.8 Å². The topological polar surface area (TPSA) is 125 Å². The fraction of sp³-hybridized carbons (Fsp3) is 0.314. The van der Waals surface area contributed by atoms with Crippen molar-refractivity contribution in [1.82, 2.24) is 4.90 Å². The highest BCUT2D eigenvalue weighted by molar-refractivity contribution is 6.53. The Morgan fingerprint density at radius 2 is 1.55 bits per heavy atom. The molecule has 1 saturated carbocycles. The fourth-order valence-electron chi connectivity index (χ4n) is 7.86. The molecule has 12 heteroatoms. The van der Waals surface area contributed by atoms with Gasteiger partial charge in [-0.1, -0.05) is 29.8 Å². The number of methoxy groups -OCH3 is 2. The Hall–Kier alpha value is -4.54. The summed E-state index contributed by atoms with van der Waals surface area (Å²) in [5, 5.41) is 14.7. The molecule has 3 aromatic carbocycles. The van der Waals surface area contributed by atoms with Crippen LogP contribution in [-0.2, 0) is 19.2 Å². The zero-order valence-corrected chi connectivity index (χ0v) is 27.2. The molecule has 4 amide bonds. The number of likely N-dealkylation sites (tertiary alicyclic amines) is 1. The van der Waals surface area contributed by atoms with Crippen molar-refractivity contribution in [3.05, 3.63) is 83.9 Å². The molecule has 7 rings (SSSR count). The third kappa shape index (κ3) is 4.30. The van der Waals surface area contributed by atoms with Crippen molar-refractivity contribution in [1.29, 1.82) is 0 Å². The second-order valence-electron chi connectivity index (χ2n) is 12.3. The van der Waals surface area contributed by atoms with E-state index in [1.54, 1.807) is 30.3 Å². The number of alkyl halides is 2. The first-order valence-electron chi connectivity index (χ1n) is 15.1. The molecule has 2 N–H and O–H groups in total. The van der Waals surface area contributed by atoms with Crippen molar-refractivity contribution >= 4 is 63.9 Å². The van der Waals surface area contributed by atoms with Crippen LogP contribution in [0, 0.1) is 17.8 Å². The number of ether oxygens (including phenoxy) is 2. The largest absolute Gasteiger partial charge is 0.507 e. The van der Waals surface area contributed by atoms with E-state index in [0.717, 1.165) is 16.3 Å². The van der Waals surface area contributed by atoms with Gasteiger partial charge in [0.05, 0.1) is 31.7 Å². The number of phenols is 1. The van der Waals surface area contributed by atoms with Crippen molar-refractivity contribution in [2.24, 2.45) is 17.8 Å². The van der Waals surface area contributed by atoms with Crippen molar-refractivity contribution in [3.63, 3.8) is 0 Å². The van der Waals surface area contributed by atoms with Gasteiger partial charge >= 0.3 is 0 Å². The molecule has 0 bridgehead atoms. The van der Waals surface area contributed by atoms with Crippen LogP contribution in [0.25, 0.3) is 0 Å². The molecule has 2 aliphatic carbocycles. The molecule has 0 aromatic heterocycles. The van der Waals surface area contributed by atoms with Gasteiger partial charge in [-0.2, -0.15) is 0 Å². The molecule has 0 radical (unpaired) electrons.